The van der Waals surface area contributed by atoms with E-state index in [2.05, 4.69) is 4.98 Å². The number of hydrogen-bond donors (Lipinski definition) is 1. The van der Waals surface area contributed by atoms with Crippen LogP contribution in [0.3, 0.4) is 0 Å². The Bertz CT molecular complexity index is 555. The van der Waals surface area contributed by atoms with E-state index in [1.54, 1.807) is 30.5 Å². The van der Waals surface area contributed by atoms with Crippen molar-refractivity contribution in [2.45, 2.75) is 12.6 Å². The predicted octanol–water partition coefficient (Wildman–Crippen LogP) is 3.15. The van der Waals surface area contributed by atoms with Gasteiger partial charge in [0.15, 0.2) is 0 Å². The summed E-state index contributed by atoms with van der Waals surface area (Å²) in [6, 6.07) is 6.51. The molecule has 0 unspecified atom stereocenters. The second kappa shape index (κ2) is 4.72. The molecule has 2 rings (SSSR count). The fraction of sp³-hybridized carbons (Fsp3) is 0.250. The van der Waals surface area contributed by atoms with Crippen molar-refractivity contribution in [2.75, 3.05) is 12.3 Å². The van der Waals surface area contributed by atoms with Crippen molar-refractivity contribution < 1.29 is 17.9 Å². The molecule has 0 saturated heterocycles. The summed E-state index contributed by atoms with van der Waals surface area (Å²) in [6.45, 7) is -0.419. The largest absolute Gasteiger partial charge is 0.493 e. The highest BCUT2D eigenvalue weighted by Gasteiger charge is 2.26. The number of hydrogen-bond acceptors (Lipinski definition) is 3. The monoisotopic (exact) mass is 256 g/mol. The van der Waals surface area contributed by atoms with Crippen molar-refractivity contribution in [1.29, 1.82) is 0 Å². The van der Waals surface area contributed by atoms with Gasteiger partial charge < -0.3 is 10.5 Å². The smallest absolute Gasteiger partial charge is 0.392 e. The Morgan fingerprint density at radius 3 is 2.72 bits per heavy atom. The van der Waals surface area contributed by atoms with Crippen LogP contribution in [0.5, 0.6) is 5.75 Å². The van der Waals surface area contributed by atoms with Crippen molar-refractivity contribution in [3.8, 4) is 5.75 Å². The molecule has 1 aromatic carbocycles. The van der Waals surface area contributed by atoms with Crippen LogP contribution in [-0.4, -0.2) is 17.8 Å². The van der Waals surface area contributed by atoms with Crippen molar-refractivity contribution in [3.05, 3.63) is 30.5 Å². The lowest BCUT2D eigenvalue weighted by Crippen LogP contribution is -2.13. The summed E-state index contributed by atoms with van der Waals surface area (Å²) in [4.78, 5) is 4.07. The molecular formula is C12H11F3N2O. The van der Waals surface area contributed by atoms with Gasteiger partial charge in [0.1, 0.15) is 5.75 Å². The summed E-state index contributed by atoms with van der Waals surface area (Å²) < 4.78 is 41.2. The standard InChI is InChI=1S/C12H11F3N2O/c13-12(14,15)5-7-18-10-4-3-9(16)11-8(10)2-1-6-17-11/h1-4,6H,5,7,16H2. The van der Waals surface area contributed by atoms with Crippen LogP contribution in [0.1, 0.15) is 6.42 Å². The molecule has 6 heteroatoms. The number of alkyl halides is 3. The number of halogens is 3. The summed E-state index contributed by atoms with van der Waals surface area (Å²) in [7, 11) is 0. The van der Waals surface area contributed by atoms with Crippen molar-refractivity contribution in [1.82, 2.24) is 4.98 Å². The van der Waals surface area contributed by atoms with E-state index >= 15 is 0 Å². The van der Waals surface area contributed by atoms with Crippen LogP contribution < -0.4 is 10.5 Å². The first-order chi connectivity index (χ1) is 8.47. The third-order valence-electron chi connectivity index (χ3n) is 2.40. The second-order valence-corrected chi connectivity index (χ2v) is 3.77. The molecule has 18 heavy (non-hydrogen) atoms. The third kappa shape index (κ3) is 2.82. The summed E-state index contributed by atoms with van der Waals surface area (Å²) in [5, 5.41) is 0.611. The molecule has 0 amide bonds. The van der Waals surface area contributed by atoms with Gasteiger partial charge in [-0.05, 0) is 24.3 Å². The first-order valence-corrected chi connectivity index (χ1v) is 5.30. The number of aromatic nitrogens is 1. The average molecular weight is 256 g/mol. The molecule has 2 aromatic rings. The number of rotatable bonds is 3. The third-order valence-corrected chi connectivity index (χ3v) is 2.40. The maximum Gasteiger partial charge on any atom is 0.392 e. The molecule has 96 valence electrons. The molecule has 0 bridgehead atoms. The van der Waals surface area contributed by atoms with Crippen molar-refractivity contribution in [3.63, 3.8) is 0 Å². The lowest BCUT2D eigenvalue weighted by atomic mass is 10.2. The highest BCUT2D eigenvalue weighted by atomic mass is 19.4. The van der Waals surface area contributed by atoms with Gasteiger partial charge in [0.05, 0.1) is 24.2 Å². The van der Waals surface area contributed by atoms with E-state index < -0.39 is 19.2 Å². The minimum Gasteiger partial charge on any atom is -0.493 e. The first kappa shape index (κ1) is 12.5. The lowest BCUT2D eigenvalue weighted by molar-refractivity contribution is -0.139. The van der Waals surface area contributed by atoms with Crippen LogP contribution >= 0.6 is 0 Å². The minimum absolute atomic E-state index is 0.358. The number of benzene rings is 1. The fourth-order valence-corrected chi connectivity index (χ4v) is 1.57. The van der Waals surface area contributed by atoms with Crippen LogP contribution in [0.25, 0.3) is 10.9 Å². The van der Waals surface area contributed by atoms with Crippen molar-refractivity contribution >= 4 is 16.6 Å². The summed E-state index contributed by atoms with van der Waals surface area (Å²) in [5.41, 5.74) is 6.72. The van der Waals surface area contributed by atoms with Crippen LogP contribution in [-0.2, 0) is 0 Å². The van der Waals surface area contributed by atoms with Gasteiger partial charge in [-0.25, -0.2) is 0 Å². The average Bonchev–Trinajstić information content (AvgIpc) is 2.31. The van der Waals surface area contributed by atoms with Gasteiger partial charge in [-0.2, -0.15) is 13.2 Å². The van der Waals surface area contributed by atoms with E-state index in [9.17, 15) is 13.2 Å². The Balaban J connectivity index is 2.21. The Morgan fingerprint density at radius 2 is 2.00 bits per heavy atom. The van der Waals surface area contributed by atoms with E-state index in [4.69, 9.17) is 10.5 Å². The number of anilines is 1. The molecule has 0 aliphatic rings. The maximum absolute atomic E-state index is 12.0. The molecule has 0 atom stereocenters. The number of nitrogens with zero attached hydrogens (tertiary/aromatic N) is 1. The molecule has 0 radical (unpaired) electrons. The molecule has 1 heterocycles. The van der Waals surface area contributed by atoms with E-state index in [0.717, 1.165) is 0 Å². The first-order valence-electron chi connectivity index (χ1n) is 5.30. The highest BCUT2D eigenvalue weighted by molar-refractivity contribution is 5.93. The van der Waals surface area contributed by atoms with Crippen molar-refractivity contribution in [2.24, 2.45) is 0 Å². The Kier molecular flexibility index (Phi) is 3.27. The van der Waals surface area contributed by atoms with Gasteiger partial charge in [-0.15, -0.1) is 0 Å². The zero-order valence-corrected chi connectivity index (χ0v) is 9.37. The summed E-state index contributed by atoms with van der Waals surface area (Å²) in [5.74, 6) is 0.358. The lowest BCUT2D eigenvalue weighted by Gasteiger charge is -2.11. The molecule has 0 aliphatic carbocycles. The molecule has 3 nitrogen and oxygen atoms in total. The van der Waals surface area contributed by atoms with Gasteiger partial charge >= 0.3 is 6.18 Å². The van der Waals surface area contributed by atoms with E-state index in [0.29, 0.717) is 22.3 Å². The SMILES string of the molecule is Nc1ccc(OCCC(F)(F)F)c2cccnc12. The molecule has 0 fully saturated rings. The number of pyridine rings is 1. The fourth-order valence-electron chi connectivity index (χ4n) is 1.57. The van der Waals surface area contributed by atoms with E-state index in [-0.39, 0.29) is 0 Å². The molecule has 1 aromatic heterocycles. The molecule has 0 spiro atoms. The van der Waals surface area contributed by atoms with Gasteiger partial charge in [-0.1, -0.05) is 0 Å². The predicted molar refractivity (Wildman–Crippen MR) is 62.3 cm³/mol. The number of nitrogens with two attached hydrogens (primary N) is 1. The number of ether oxygens (including phenoxy) is 1. The topological polar surface area (TPSA) is 48.1 Å². The molecule has 0 saturated carbocycles. The minimum atomic E-state index is -4.22. The molecular weight excluding hydrogens is 245 g/mol. The Morgan fingerprint density at radius 1 is 1.22 bits per heavy atom. The van der Waals surface area contributed by atoms with Gasteiger partial charge in [0.2, 0.25) is 0 Å². The Labute approximate surface area is 101 Å². The van der Waals surface area contributed by atoms with Crippen LogP contribution in [0.4, 0.5) is 18.9 Å². The van der Waals surface area contributed by atoms with E-state index in [1.807, 2.05) is 0 Å². The summed E-state index contributed by atoms with van der Waals surface area (Å²) in [6.07, 6.45) is -3.64. The normalized spacial score (nSPS) is 11.7. The molecule has 2 N–H and O–H groups in total. The highest BCUT2D eigenvalue weighted by Crippen LogP contribution is 2.29. The number of nitrogen functional groups attached to an aromatic ring is 1. The quantitative estimate of drug-likeness (QED) is 0.858. The zero-order valence-electron chi connectivity index (χ0n) is 9.37. The van der Waals surface area contributed by atoms with Crippen LogP contribution in [0.2, 0.25) is 0 Å². The molecule has 0 aliphatic heterocycles. The van der Waals surface area contributed by atoms with Gasteiger partial charge in [0.25, 0.3) is 0 Å². The van der Waals surface area contributed by atoms with E-state index in [1.165, 1.54) is 0 Å². The summed E-state index contributed by atoms with van der Waals surface area (Å²) >= 11 is 0. The van der Waals surface area contributed by atoms with Gasteiger partial charge in [0, 0.05) is 11.6 Å². The van der Waals surface area contributed by atoms with Crippen LogP contribution in [0, 0.1) is 0 Å². The maximum atomic E-state index is 12.0. The Hall–Kier alpha value is -1.98. The second-order valence-electron chi connectivity index (χ2n) is 3.77. The zero-order chi connectivity index (χ0) is 13.2. The van der Waals surface area contributed by atoms with Gasteiger partial charge in [-0.3, -0.25) is 4.98 Å². The number of fused-ring (bicyclic) bond motifs is 1. The van der Waals surface area contributed by atoms with Crippen LogP contribution in [0.15, 0.2) is 30.5 Å².